The van der Waals surface area contributed by atoms with Gasteiger partial charge in [-0.05, 0) is 26.4 Å². The Kier molecular flexibility index (Phi) is 3.87. The molecule has 1 N–H and O–H groups in total. The highest BCUT2D eigenvalue weighted by molar-refractivity contribution is 4.77. The average Bonchev–Trinajstić information content (AvgIpc) is 1.84. The second-order valence-electron chi connectivity index (χ2n) is 3.42. The molecule has 0 bridgehead atoms. The fraction of sp³-hybridized carbons (Fsp3) is 1.00. The van der Waals surface area contributed by atoms with Crippen molar-refractivity contribution in [2.75, 3.05) is 26.7 Å². The smallest absolute Gasteiger partial charge is 0.0107 e. The minimum absolute atomic E-state index is 0.897. The molecular formula is C9H20N2. The van der Waals surface area contributed by atoms with Gasteiger partial charge >= 0.3 is 0 Å². The summed E-state index contributed by atoms with van der Waals surface area (Å²) < 4.78 is 0. The van der Waals surface area contributed by atoms with Crippen molar-refractivity contribution in [3.63, 3.8) is 0 Å². The van der Waals surface area contributed by atoms with Crippen molar-refractivity contribution < 1.29 is 0 Å². The predicted molar refractivity (Wildman–Crippen MR) is 48.8 cm³/mol. The maximum atomic E-state index is 3.34. The van der Waals surface area contributed by atoms with Crippen molar-refractivity contribution >= 4 is 0 Å². The standard InChI is InChI=1S/C9H20N2/c1-3-10-7-8-11(2)9-5-4-6-9/h9-10H,3-8H2,1-2H3. The first-order chi connectivity index (χ1) is 5.34. The maximum Gasteiger partial charge on any atom is 0.0107 e. The molecule has 0 spiro atoms. The molecule has 1 rings (SSSR count). The monoisotopic (exact) mass is 156 g/mol. The normalized spacial score (nSPS) is 18.8. The summed E-state index contributed by atoms with van der Waals surface area (Å²) in [5, 5.41) is 3.34. The van der Waals surface area contributed by atoms with Crippen molar-refractivity contribution in [1.29, 1.82) is 0 Å². The van der Waals surface area contributed by atoms with E-state index in [0.717, 1.165) is 19.1 Å². The second-order valence-corrected chi connectivity index (χ2v) is 3.42. The number of hydrogen-bond donors (Lipinski definition) is 1. The number of nitrogens with zero attached hydrogens (tertiary/aromatic N) is 1. The number of rotatable bonds is 5. The van der Waals surface area contributed by atoms with Crippen molar-refractivity contribution in [3.8, 4) is 0 Å². The third-order valence-electron chi connectivity index (χ3n) is 2.59. The second kappa shape index (κ2) is 4.73. The van der Waals surface area contributed by atoms with E-state index in [2.05, 4.69) is 24.2 Å². The lowest BCUT2D eigenvalue weighted by atomic mass is 9.92. The highest BCUT2D eigenvalue weighted by Gasteiger charge is 2.20. The Morgan fingerprint density at radius 3 is 2.64 bits per heavy atom. The Morgan fingerprint density at radius 2 is 2.18 bits per heavy atom. The van der Waals surface area contributed by atoms with Crippen molar-refractivity contribution in [2.24, 2.45) is 0 Å². The van der Waals surface area contributed by atoms with E-state index in [-0.39, 0.29) is 0 Å². The van der Waals surface area contributed by atoms with Gasteiger partial charge < -0.3 is 10.2 Å². The summed E-state index contributed by atoms with van der Waals surface area (Å²) in [6.45, 7) is 5.60. The quantitative estimate of drug-likeness (QED) is 0.599. The Bertz CT molecular complexity index is 99.7. The van der Waals surface area contributed by atoms with E-state index in [0.29, 0.717) is 0 Å². The molecular weight excluding hydrogens is 136 g/mol. The maximum absolute atomic E-state index is 3.34. The van der Waals surface area contributed by atoms with E-state index in [1.165, 1.54) is 25.8 Å². The summed E-state index contributed by atoms with van der Waals surface area (Å²) in [5.41, 5.74) is 0. The van der Waals surface area contributed by atoms with Crippen molar-refractivity contribution in [2.45, 2.75) is 32.2 Å². The first-order valence-corrected chi connectivity index (χ1v) is 4.75. The lowest BCUT2D eigenvalue weighted by molar-refractivity contribution is 0.161. The summed E-state index contributed by atoms with van der Waals surface area (Å²) >= 11 is 0. The van der Waals surface area contributed by atoms with Crippen LogP contribution in [0.4, 0.5) is 0 Å². The molecule has 0 aromatic carbocycles. The fourth-order valence-corrected chi connectivity index (χ4v) is 1.44. The summed E-state index contributed by atoms with van der Waals surface area (Å²) in [7, 11) is 2.24. The van der Waals surface area contributed by atoms with Crippen LogP contribution in [0.3, 0.4) is 0 Å². The number of hydrogen-bond acceptors (Lipinski definition) is 2. The van der Waals surface area contributed by atoms with Gasteiger partial charge in [0.15, 0.2) is 0 Å². The van der Waals surface area contributed by atoms with Gasteiger partial charge in [-0.1, -0.05) is 13.3 Å². The first-order valence-electron chi connectivity index (χ1n) is 4.75. The van der Waals surface area contributed by atoms with Crippen LogP contribution in [0.5, 0.6) is 0 Å². The Hall–Kier alpha value is -0.0800. The van der Waals surface area contributed by atoms with E-state index in [9.17, 15) is 0 Å². The van der Waals surface area contributed by atoms with Crippen LogP contribution < -0.4 is 5.32 Å². The van der Waals surface area contributed by atoms with Gasteiger partial charge in [0, 0.05) is 19.1 Å². The molecule has 0 aromatic heterocycles. The van der Waals surface area contributed by atoms with E-state index in [1.807, 2.05) is 0 Å². The van der Waals surface area contributed by atoms with Gasteiger partial charge in [0.1, 0.15) is 0 Å². The third-order valence-corrected chi connectivity index (χ3v) is 2.59. The molecule has 0 unspecified atom stereocenters. The molecule has 66 valence electrons. The number of likely N-dealkylation sites (N-methyl/N-ethyl adjacent to an activating group) is 2. The molecule has 0 aliphatic heterocycles. The fourth-order valence-electron chi connectivity index (χ4n) is 1.44. The summed E-state index contributed by atoms with van der Waals surface area (Å²) in [6.07, 6.45) is 4.28. The van der Waals surface area contributed by atoms with E-state index in [4.69, 9.17) is 0 Å². The Morgan fingerprint density at radius 1 is 1.45 bits per heavy atom. The average molecular weight is 156 g/mol. The largest absolute Gasteiger partial charge is 0.316 e. The molecule has 1 saturated carbocycles. The highest BCUT2D eigenvalue weighted by Crippen LogP contribution is 2.22. The zero-order chi connectivity index (χ0) is 8.10. The van der Waals surface area contributed by atoms with Gasteiger partial charge in [0.25, 0.3) is 0 Å². The minimum atomic E-state index is 0.897. The molecule has 11 heavy (non-hydrogen) atoms. The van der Waals surface area contributed by atoms with Crippen LogP contribution in [0.2, 0.25) is 0 Å². The molecule has 1 aliphatic rings. The summed E-state index contributed by atoms with van der Waals surface area (Å²) in [5.74, 6) is 0. The van der Waals surface area contributed by atoms with E-state index < -0.39 is 0 Å². The first kappa shape index (κ1) is 9.01. The lowest BCUT2D eigenvalue weighted by Gasteiger charge is -2.34. The van der Waals surface area contributed by atoms with Gasteiger partial charge in [-0.25, -0.2) is 0 Å². The van der Waals surface area contributed by atoms with Crippen LogP contribution in [0, 0.1) is 0 Å². The van der Waals surface area contributed by atoms with Crippen LogP contribution in [0.1, 0.15) is 26.2 Å². The van der Waals surface area contributed by atoms with Crippen LogP contribution >= 0.6 is 0 Å². The van der Waals surface area contributed by atoms with Crippen molar-refractivity contribution in [3.05, 3.63) is 0 Å². The van der Waals surface area contributed by atoms with Crippen LogP contribution in [0.25, 0.3) is 0 Å². The molecule has 1 fully saturated rings. The van der Waals surface area contributed by atoms with Crippen LogP contribution in [-0.4, -0.2) is 37.6 Å². The molecule has 0 amide bonds. The SMILES string of the molecule is CCNCCN(C)C1CCC1. The molecule has 2 nitrogen and oxygen atoms in total. The Labute approximate surface area is 70.0 Å². The zero-order valence-electron chi connectivity index (χ0n) is 7.77. The molecule has 1 aliphatic carbocycles. The topological polar surface area (TPSA) is 15.3 Å². The molecule has 2 heteroatoms. The van der Waals surface area contributed by atoms with Gasteiger partial charge in [-0.3, -0.25) is 0 Å². The molecule has 0 saturated heterocycles. The van der Waals surface area contributed by atoms with E-state index in [1.54, 1.807) is 0 Å². The molecule has 0 aromatic rings. The predicted octanol–water partition coefficient (Wildman–Crippen LogP) is 1.08. The molecule has 0 atom stereocenters. The van der Waals surface area contributed by atoms with Crippen LogP contribution in [0.15, 0.2) is 0 Å². The summed E-state index contributed by atoms with van der Waals surface area (Å²) in [6, 6.07) is 0.897. The minimum Gasteiger partial charge on any atom is -0.316 e. The van der Waals surface area contributed by atoms with Gasteiger partial charge in [0.2, 0.25) is 0 Å². The molecule has 0 radical (unpaired) electrons. The van der Waals surface area contributed by atoms with Crippen molar-refractivity contribution in [1.82, 2.24) is 10.2 Å². The number of nitrogens with one attached hydrogen (secondary N) is 1. The van der Waals surface area contributed by atoms with Crippen LogP contribution in [-0.2, 0) is 0 Å². The van der Waals surface area contributed by atoms with Gasteiger partial charge in [-0.2, -0.15) is 0 Å². The summed E-state index contributed by atoms with van der Waals surface area (Å²) in [4.78, 5) is 2.48. The highest BCUT2D eigenvalue weighted by atomic mass is 15.1. The van der Waals surface area contributed by atoms with E-state index >= 15 is 0 Å². The van der Waals surface area contributed by atoms with Gasteiger partial charge in [-0.15, -0.1) is 0 Å². The third kappa shape index (κ3) is 2.80. The molecule has 0 heterocycles. The Balaban J connectivity index is 1.96. The zero-order valence-corrected chi connectivity index (χ0v) is 7.77. The van der Waals surface area contributed by atoms with Gasteiger partial charge in [0.05, 0.1) is 0 Å². The lowest BCUT2D eigenvalue weighted by Crippen LogP contribution is -2.40.